The normalized spacial score (nSPS) is 11.9. The number of sulfone groups is 1. The monoisotopic (exact) mass is 529 g/mol. The van der Waals surface area contributed by atoms with Crippen LogP contribution in [0.1, 0.15) is 29.0 Å². The van der Waals surface area contributed by atoms with Crippen molar-refractivity contribution in [1.29, 1.82) is 0 Å². The maximum Gasteiger partial charge on any atom is 0.319 e. The van der Waals surface area contributed by atoms with Crippen LogP contribution in [0.25, 0.3) is 0 Å². The first kappa shape index (κ1) is 26.4. The highest BCUT2D eigenvalue weighted by atomic mass is 32.2. The Hall–Kier alpha value is -4.63. The van der Waals surface area contributed by atoms with Crippen LogP contribution in [0.5, 0.6) is 0 Å². The minimum Gasteiger partial charge on any atom is -0.481 e. The molecular weight excluding hydrogens is 502 g/mol. The van der Waals surface area contributed by atoms with Gasteiger partial charge in [-0.05, 0) is 34.9 Å². The Balaban J connectivity index is 1.66. The lowest BCUT2D eigenvalue weighted by atomic mass is 9.87. The van der Waals surface area contributed by atoms with Gasteiger partial charge in [-0.2, -0.15) is 0 Å². The van der Waals surface area contributed by atoms with Gasteiger partial charge in [-0.15, -0.1) is 0 Å². The third kappa shape index (κ3) is 6.01. The minimum absolute atomic E-state index is 0.0362. The maximum atomic E-state index is 13.8. The second-order valence-corrected chi connectivity index (χ2v) is 10.5. The standard InChI is InChI=1S/C29H27N3O5S/c30-28-22(23(18-27(33)34)21-12-5-2-6-13-21)14-9-17-26(28)38(36,37)25-16-8-7-15-24(25)32-29(35)31-19-20-10-3-1-4-11-20/h1-17,23H,18-19,30H2,(H,33,34)(H2,31,32,35). The number of amides is 2. The molecule has 0 bridgehead atoms. The summed E-state index contributed by atoms with van der Waals surface area (Å²) in [4.78, 5) is 23.9. The number of rotatable bonds is 9. The molecule has 1 atom stereocenters. The fraction of sp³-hybridized carbons (Fsp3) is 0.103. The Morgan fingerprint density at radius 2 is 1.39 bits per heavy atom. The summed E-state index contributed by atoms with van der Waals surface area (Å²) in [5.41, 5.74) is 8.45. The highest BCUT2D eigenvalue weighted by Crippen LogP contribution is 2.38. The molecule has 4 aromatic rings. The molecule has 0 aromatic heterocycles. The number of para-hydroxylation sites is 2. The van der Waals surface area contributed by atoms with E-state index in [1.54, 1.807) is 48.5 Å². The van der Waals surface area contributed by atoms with Crippen molar-refractivity contribution in [2.75, 3.05) is 11.1 Å². The average Bonchev–Trinajstić information content (AvgIpc) is 2.92. The van der Waals surface area contributed by atoms with E-state index in [4.69, 9.17) is 5.73 Å². The van der Waals surface area contributed by atoms with E-state index in [0.717, 1.165) is 5.56 Å². The van der Waals surface area contributed by atoms with E-state index < -0.39 is 27.8 Å². The smallest absolute Gasteiger partial charge is 0.319 e. The number of carbonyl (C=O) groups excluding carboxylic acids is 1. The second kappa shape index (κ2) is 11.6. The van der Waals surface area contributed by atoms with Gasteiger partial charge in [-0.25, -0.2) is 13.2 Å². The number of benzene rings is 4. The van der Waals surface area contributed by atoms with Gasteiger partial charge in [0.15, 0.2) is 0 Å². The van der Waals surface area contributed by atoms with Gasteiger partial charge < -0.3 is 21.5 Å². The first-order valence-corrected chi connectivity index (χ1v) is 13.3. The Morgan fingerprint density at radius 1 is 0.789 bits per heavy atom. The van der Waals surface area contributed by atoms with Gasteiger partial charge in [0.05, 0.1) is 27.6 Å². The van der Waals surface area contributed by atoms with Crippen molar-refractivity contribution in [2.24, 2.45) is 0 Å². The third-order valence-electron chi connectivity index (χ3n) is 6.07. The van der Waals surface area contributed by atoms with Gasteiger partial charge in [-0.3, -0.25) is 4.79 Å². The third-order valence-corrected chi connectivity index (χ3v) is 7.94. The van der Waals surface area contributed by atoms with Crippen LogP contribution in [0.15, 0.2) is 113 Å². The molecule has 0 aliphatic rings. The molecule has 0 saturated heterocycles. The second-order valence-electron chi connectivity index (χ2n) is 8.61. The van der Waals surface area contributed by atoms with Gasteiger partial charge in [0.25, 0.3) is 0 Å². The van der Waals surface area contributed by atoms with Crippen LogP contribution < -0.4 is 16.4 Å². The summed E-state index contributed by atoms with van der Waals surface area (Å²) in [6, 6.07) is 28.3. The molecule has 0 fully saturated rings. The Bertz CT molecular complexity index is 1540. The minimum atomic E-state index is -4.19. The van der Waals surface area contributed by atoms with Crippen LogP contribution in [0.3, 0.4) is 0 Å². The molecule has 1 unspecified atom stereocenters. The lowest BCUT2D eigenvalue weighted by molar-refractivity contribution is -0.137. The first-order chi connectivity index (χ1) is 18.3. The molecule has 0 radical (unpaired) electrons. The van der Waals surface area contributed by atoms with Crippen LogP contribution in [-0.2, 0) is 21.2 Å². The summed E-state index contributed by atoms with van der Waals surface area (Å²) >= 11 is 0. The van der Waals surface area contributed by atoms with Gasteiger partial charge >= 0.3 is 12.0 Å². The van der Waals surface area contributed by atoms with Crippen LogP contribution in [0, 0.1) is 0 Å². The summed E-state index contributed by atoms with van der Waals surface area (Å²) in [5.74, 6) is -1.69. The van der Waals surface area contributed by atoms with E-state index in [0.29, 0.717) is 11.1 Å². The van der Waals surface area contributed by atoms with Gasteiger partial charge in [0.1, 0.15) is 0 Å². The number of nitrogens with two attached hydrogens (primary N) is 1. The van der Waals surface area contributed by atoms with E-state index in [1.165, 1.54) is 18.2 Å². The quantitative estimate of drug-likeness (QED) is 0.224. The molecule has 9 heteroatoms. The van der Waals surface area contributed by atoms with Crippen LogP contribution in [-0.4, -0.2) is 25.5 Å². The predicted octanol–water partition coefficient (Wildman–Crippen LogP) is 5.03. The molecule has 5 N–H and O–H groups in total. The van der Waals surface area contributed by atoms with Crippen molar-refractivity contribution in [3.63, 3.8) is 0 Å². The zero-order chi connectivity index (χ0) is 27.1. The highest BCUT2D eigenvalue weighted by Gasteiger charge is 2.28. The molecule has 0 aliphatic carbocycles. The van der Waals surface area contributed by atoms with E-state index >= 15 is 0 Å². The number of carboxylic acids is 1. The van der Waals surface area contributed by atoms with Crippen molar-refractivity contribution in [1.82, 2.24) is 5.32 Å². The molecule has 2 amide bonds. The Kier molecular flexibility index (Phi) is 8.08. The molecule has 0 heterocycles. The number of hydrogen-bond acceptors (Lipinski definition) is 5. The molecule has 0 saturated carbocycles. The van der Waals surface area contributed by atoms with Crippen molar-refractivity contribution < 1.29 is 23.1 Å². The Labute approximate surface area is 221 Å². The number of nitrogens with one attached hydrogen (secondary N) is 2. The largest absolute Gasteiger partial charge is 0.481 e. The van der Waals surface area contributed by atoms with Crippen molar-refractivity contribution in [3.8, 4) is 0 Å². The fourth-order valence-electron chi connectivity index (χ4n) is 4.23. The summed E-state index contributed by atoms with van der Waals surface area (Å²) in [6.45, 7) is 0.265. The van der Waals surface area contributed by atoms with Crippen molar-refractivity contribution in [3.05, 3.63) is 120 Å². The zero-order valence-corrected chi connectivity index (χ0v) is 21.2. The van der Waals surface area contributed by atoms with Crippen LogP contribution in [0.4, 0.5) is 16.2 Å². The number of nitrogen functional groups attached to an aromatic ring is 1. The molecular formula is C29H27N3O5S. The van der Waals surface area contributed by atoms with Gasteiger partial charge in [-0.1, -0.05) is 84.9 Å². The molecule has 194 valence electrons. The fourth-order valence-corrected chi connectivity index (χ4v) is 5.80. The number of carboxylic acid groups (broad SMARTS) is 1. The van der Waals surface area contributed by atoms with Gasteiger partial charge in [0.2, 0.25) is 9.84 Å². The van der Waals surface area contributed by atoms with Crippen LogP contribution >= 0.6 is 0 Å². The molecule has 0 aliphatic heterocycles. The predicted molar refractivity (Wildman–Crippen MR) is 146 cm³/mol. The number of anilines is 2. The number of hydrogen-bond donors (Lipinski definition) is 4. The van der Waals surface area contributed by atoms with E-state index in [1.807, 2.05) is 36.4 Å². The van der Waals surface area contributed by atoms with E-state index in [9.17, 15) is 23.1 Å². The molecule has 0 spiro atoms. The van der Waals surface area contributed by atoms with E-state index in [2.05, 4.69) is 10.6 Å². The number of carbonyl (C=O) groups is 2. The Morgan fingerprint density at radius 3 is 2.08 bits per heavy atom. The zero-order valence-electron chi connectivity index (χ0n) is 20.4. The molecule has 4 rings (SSSR count). The van der Waals surface area contributed by atoms with Crippen molar-refractivity contribution >= 4 is 33.2 Å². The molecule has 38 heavy (non-hydrogen) atoms. The lowest BCUT2D eigenvalue weighted by Gasteiger charge is -2.20. The topological polar surface area (TPSA) is 139 Å². The van der Waals surface area contributed by atoms with Crippen molar-refractivity contribution in [2.45, 2.75) is 28.7 Å². The molecule has 8 nitrogen and oxygen atoms in total. The summed E-state index contributed by atoms with van der Waals surface area (Å²) in [5, 5.41) is 14.9. The number of urea groups is 1. The first-order valence-electron chi connectivity index (χ1n) is 11.9. The molecule has 4 aromatic carbocycles. The lowest BCUT2D eigenvalue weighted by Crippen LogP contribution is -2.28. The van der Waals surface area contributed by atoms with E-state index in [-0.39, 0.29) is 34.1 Å². The summed E-state index contributed by atoms with van der Waals surface area (Å²) < 4.78 is 27.6. The highest BCUT2D eigenvalue weighted by molar-refractivity contribution is 7.91. The number of aliphatic carboxylic acids is 1. The summed E-state index contributed by atoms with van der Waals surface area (Å²) in [6.07, 6.45) is -0.266. The summed E-state index contributed by atoms with van der Waals surface area (Å²) in [7, 11) is -4.19. The average molecular weight is 530 g/mol. The SMILES string of the molecule is Nc1c(C(CC(=O)O)c2ccccc2)cccc1S(=O)(=O)c1ccccc1NC(=O)NCc1ccccc1. The van der Waals surface area contributed by atoms with Gasteiger partial charge in [0, 0.05) is 12.5 Å². The van der Waals surface area contributed by atoms with Crippen LogP contribution in [0.2, 0.25) is 0 Å². The maximum absolute atomic E-state index is 13.8.